The van der Waals surface area contributed by atoms with Crippen molar-refractivity contribution in [2.24, 2.45) is 0 Å². The number of fused-ring (bicyclic) bond motifs is 1. The number of anilines is 1. The van der Waals surface area contributed by atoms with E-state index in [0.717, 1.165) is 22.2 Å². The average molecular weight is 303 g/mol. The van der Waals surface area contributed by atoms with Gasteiger partial charge in [0.15, 0.2) is 0 Å². The minimum Gasteiger partial charge on any atom is -0.384 e. The zero-order chi connectivity index (χ0) is 16.7. The number of nitrogens with zero attached hydrogens (tertiary/aromatic N) is 2. The Kier molecular flexibility index (Phi) is 3.16. The van der Waals surface area contributed by atoms with Gasteiger partial charge in [-0.25, -0.2) is 0 Å². The standard InChI is InChI=1S/C17H13N5O/c1-8-9(2)21-15-10(8)4-3-5-11(15)14-12(6-18)16(20)22-17(23)13(14)7-19/h3-5,21H,1-2H3,(H3,20,22,23). The molecule has 0 aliphatic rings. The summed E-state index contributed by atoms with van der Waals surface area (Å²) in [6.45, 7) is 3.93. The molecule has 0 saturated carbocycles. The Labute approximate surface area is 131 Å². The Balaban J connectivity index is 2.55. The number of hydrogen-bond donors (Lipinski definition) is 3. The highest BCUT2D eigenvalue weighted by Crippen LogP contribution is 2.35. The highest BCUT2D eigenvalue weighted by molar-refractivity contribution is 5.99. The molecule has 0 aliphatic carbocycles. The minimum atomic E-state index is -0.601. The van der Waals surface area contributed by atoms with Crippen LogP contribution in [0, 0.1) is 36.5 Å². The summed E-state index contributed by atoms with van der Waals surface area (Å²) in [6, 6.07) is 9.43. The normalized spacial score (nSPS) is 10.4. The summed E-state index contributed by atoms with van der Waals surface area (Å²) >= 11 is 0. The zero-order valence-electron chi connectivity index (χ0n) is 12.6. The van der Waals surface area contributed by atoms with Crippen LogP contribution in [0.5, 0.6) is 0 Å². The molecule has 0 unspecified atom stereocenters. The van der Waals surface area contributed by atoms with E-state index >= 15 is 0 Å². The van der Waals surface area contributed by atoms with Crippen LogP contribution in [-0.4, -0.2) is 9.97 Å². The molecule has 3 aromatic rings. The summed E-state index contributed by atoms with van der Waals surface area (Å²) in [7, 11) is 0. The average Bonchev–Trinajstić information content (AvgIpc) is 2.82. The molecule has 2 aromatic heterocycles. The molecule has 0 atom stereocenters. The van der Waals surface area contributed by atoms with Crippen LogP contribution in [0.2, 0.25) is 0 Å². The maximum atomic E-state index is 12.1. The lowest BCUT2D eigenvalue weighted by atomic mass is 9.94. The van der Waals surface area contributed by atoms with Crippen LogP contribution < -0.4 is 11.3 Å². The van der Waals surface area contributed by atoms with E-state index < -0.39 is 5.56 Å². The Bertz CT molecular complexity index is 1090. The van der Waals surface area contributed by atoms with Gasteiger partial charge in [-0.15, -0.1) is 0 Å². The Morgan fingerprint density at radius 1 is 1.09 bits per heavy atom. The third kappa shape index (κ3) is 1.97. The smallest absolute Gasteiger partial charge is 0.268 e. The summed E-state index contributed by atoms with van der Waals surface area (Å²) in [6.07, 6.45) is 0. The SMILES string of the molecule is Cc1[nH]c2c(-c3c(C#N)c(N)[nH]c(=O)c3C#N)cccc2c1C. The monoisotopic (exact) mass is 303 g/mol. The molecular formula is C17H13N5O. The van der Waals surface area contributed by atoms with Crippen molar-refractivity contribution in [3.8, 4) is 23.3 Å². The summed E-state index contributed by atoms with van der Waals surface area (Å²) in [5.41, 5.74) is 8.88. The lowest BCUT2D eigenvalue weighted by Crippen LogP contribution is -2.16. The number of H-pyrrole nitrogens is 2. The maximum absolute atomic E-state index is 12.1. The predicted molar refractivity (Wildman–Crippen MR) is 87.7 cm³/mol. The van der Waals surface area contributed by atoms with E-state index in [4.69, 9.17) is 5.73 Å². The molecule has 0 amide bonds. The van der Waals surface area contributed by atoms with E-state index in [0.29, 0.717) is 5.56 Å². The van der Waals surface area contributed by atoms with Crippen LogP contribution in [0.1, 0.15) is 22.4 Å². The summed E-state index contributed by atoms with van der Waals surface area (Å²) in [5.74, 6) is -0.0384. The largest absolute Gasteiger partial charge is 0.384 e. The molecule has 0 radical (unpaired) electrons. The molecule has 112 valence electrons. The lowest BCUT2D eigenvalue weighted by Gasteiger charge is -2.10. The van der Waals surface area contributed by atoms with E-state index in [2.05, 4.69) is 9.97 Å². The third-order valence-corrected chi connectivity index (χ3v) is 4.08. The second-order valence-corrected chi connectivity index (χ2v) is 5.32. The number of nitrogens with one attached hydrogen (secondary N) is 2. The van der Waals surface area contributed by atoms with Gasteiger partial charge in [-0.2, -0.15) is 10.5 Å². The number of aromatic nitrogens is 2. The predicted octanol–water partition coefficient (Wildman–Crippen LogP) is 2.47. The first-order chi connectivity index (χ1) is 11.0. The van der Waals surface area contributed by atoms with Crippen molar-refractivity contribution in [2.45, 2.75) is 13.8 Å². The van der Waals surface area contributed by atoms with Crippen LogP contribution in [0.15, 0.2) is 23.0 Å². The fourth-order valence-corrected chi connectivity index (χ4v) is 2.80. The van der Waals surface area contributed by atoms with Crippen LogP contribution in [0.25, 0.3) is 22.0 Å². The molecule has 4 N–H and O–H groups in total. The minimum absolute atomic E-state index is 0.0384. The van der Waals surface area contributed by atoms with Crippen LogP contribution in [-0.2, 0) is 0 Å². The van der Waals surface area contributed by atoms with Gasteiger partial charge in [0, 0.05) is 22.2 Å². The highest BCUT2D eigenvalue weighted by atomic mass is 16.1. The summed E-state index contributed by atoms with van der Waals surface area (Å²) in [4.78, 5) is 17.7. The molecule has 1 aromatic carbocycles. The number of para-hydroxylation sites is 1. The fourth-order valence-electron chi connectivity index (χ4n) is 2.80. The zero-order valence-corrected chi connectivity index (χ0v) is 12.6. The molecule has 6 heteroatoms. The number of benzene rings is 1. The van der Waals surface area contributed by atoms with E-state index in [1.165, 1.54) is 0 Å². The molecule has 0 fully saturated rings. The summed E-state index contributed by atoms with van der Waals surface area (Å²) in [5, 5.41) is 19.8. The molecular weight excluding hydrogens is 290 g/mol. The quantitative estimate of drug-likeness (QED) is 0.639. The van der Waals surface area contributed by atoms with Gasteiger partial charge in [0.1, 0.15) is 29.1 Å². The van der Waals surface area contributed by atoms with Crippen LogP contribution in [0.4, 0.5) is 5.82 Å². The van der Waals surface area contributed by atoms with Crippen molar-refractivity contribution in [3.05, 3.63) is 50.9 Å². The van der Waals surface area contributed by atoms with E-state index in [1.807, 2.05) is 38.1 Å². The van der Waals surface area contributed by atoms with Gasteiger partial charge in [0.25, 0.3) is 5.56 Å². The fraction of sp³-hybridized carbons (Fsp3) is 0.118. The number of rotatable bonds is 1. The van der Waals surface area contributed by atoms with Gasteiger partial charge < -0.3 is 15.7 Å². The molecule has 3 rings (SSSR count). The highest BCUT2D eigenvalue weighted by Gasteiger charge is 2.20. The summed E-state index contributed by atoms with van der Waals surface area (Å²) < 4.78 is 0. The van der Waals surface area contributed by atoms with E-state index in [9.17, 15) is 15.3 Å². The topological polar surface area (TPSA) is 122 Å². The lowest BCUT2D eigenvalue weighted by molar-refractivity contribution is 1.21. The van der Waals surface area contributed by atoms with Crippen LogP contribution >= 0.6 is 0 Å². The molecule has 0 aliphatic heterocycles. The van der Waals surface area contributed by atoms with Crippen molar-refractivity contribution in [3.63, 3.8) is 0 Å². The van der Waals surface area contributed by atoms with Crippen molar-refractivity contribution < 1.29 is 0 Å². The van der Waals surface area contributed by atoms with Gasteiger partial charge in [0.05, 0.1) is 5.52 Å². The molecule has 0 spiro atoms. The number of pyridine rings is 1. The van der Waals surface area contributed by atoms with Crippen molar-refractivity contribution in [2.75, 3.05) is 5.73 Å². The van der Waals surface area contributed by atoms with Crippen molar-refractivity contribution in [1.29, 1.82) is 10.5 Å². The molecule has 2 heterocycles. The number of aryl methyl sites for hydroxylation is 2. The number of hydrogen-bond acceptors (Lipinski definition) is 4. The maximum Gasteiger partial charge on any atom is 0.268 e. The van der Waals surface area contributed by atoms with Crippen LogP contribution in [0.3, 0.4) is 0 Å². The van der Waals surface area contributed by atoms with Gasteiger partial charge in [-0.05, 0) is 19.4 Å². The van der Waals surface area contributed by atoms with Crippen molar-refractivity contribution in [1.82, 2.24) is 9.97 Å². The Morgan fingerprint density at radius 2 is 1.78 bits per heavy atom. The molecule has 6 nitrogen and oxygen atoms in total. The molecule has 0 saturated heterocycles. The number of nitrogens with two attached hydrogens (primary N) is 1. The second kappa shape index (κ2) is 5.04. The number of aromatic amines is 2. The Morgan fingerprint density at radius 3 is 2.43 bits per heavy atom. The Hall–Kier alpha value is -3.51. The number of nitrogen functional groups attached to an aromatic ring is 1. The number of nitriles is 2. The first-order valence-corrected chi connectivity index (χ1v) is 6.93. The van der Waals surface area contributed by atoms with Crippen molar-refractivity contribution >= 4 is 16.7 Å². The molecule has 23 heavy (non-hydrogen) atoms. The van der Waals surface area contributed by atoms with Gasteiger partial charge in [0.2, 0.25) is 0 Å². The second-order valence-electron chi connectivity index (χ2n) is 5.32. The molecule has 0 bridgehead atoms. The first-order valence-electron chi connectivity index (χ1n) is 6.93. The van der Waals surface area contributed by atoms with Gasteiger partial charge in [-0.3, -0.25) is 4.79 Å². The van der Waals surface area contributed by atoms with E-state index in [1.54, 1.807) is 6.07 Å². The van der Waals surface area contributed by atoms with E-state index in [-0.39, 0.29) is 22.5 Å². The third-order valence-electron chi connectivity index (χ3n) is 4.08. The van der Waals surface area contributed by atoms with Gasteiger partial charge in [-0.1, -0.05) is 18.2 Å². The first kappa shape index (κ1) is 14.4. The van der Waals surface area contributed by atoms with Gasteiger partial charge >= 0.3 is 0 Å².